The lowest BCUT2D eigenvalue weighted by molar-refractivity contribution is 0.281. The predicted octanol–water partition coefficient (Wildman–Crippen LogP) is 1.62. The van der Waals surface area contributed by atoms with Crippen LogP contribution in [0.5, 0.6) is 0 Å². The van der Waals surface area contributed by atoms with Crippen LogP contribution in [0.1, 0.15) is 5.56 Å². The molecule has 0 unspecified atom stereocenters. The highest BCUT2D eigenvalue weighted by atomic mass is 16.3. The monoisotopic (exact) mass is 285 g/mol. The number of aromatic nitrogens is 1. The van der Waals surface area contributed by atoms with Crippen LogP contribution in [0, 0.1) is 0 Å². The standard InChI is InChI=1S/C16H19N3O2/c20-11-9-19(10-12-21)16-3-1-15(2-4-16)18-13-14-5-7-17-8-6-14/h1-8,13,20-21H,9-12H2. The summed E-state index contributed by atoms with van der Waals surface area (Å²) < 4.78 is 0. The van der Waals surface area contributed by atoms with E-state index in [1.807, 2.05) is 41.3 Å². The zero-order chi connectivity index (χ0) is 14.9. The van der Waals surface area contributed by atoms with Crippen LogP contribution in [0.25, 0.3) is 0 Å². The van der Waals surface area contributed by atoms with Gasteiger partial charge in [-0.3, -0.25) is 9.98 Å². The maximum atomic E-state index is 9.04. The van der Waals surface area contributed by atoms with Gasteiger partial charge in [-0.1, -0.05) is 0 Å². The fourth-order valence-electron chi connectivity index (χ4n) is 1.96. The summed E-state index contributed by atoms with van der Waals surface area (Å²) in [6.07, 6.45) is 5.24. The highest BCUT2D eigenvalue weighted by Gasteiger charge is 2.04. The van der Waals surface area contributed by atoms with E-state index in [1.54, 1.807) is 18.6 Å². The number of hydrogen-bond donors (Lipinski definition) is 2. The van der Waals surface area contributed by atoms with Crippen molar-refractivity contribution in [3.05, 3.63) is 54.4 Å². The van der Waals surface area contributed by atoms with Crippen molar-refractivity contribution >= 4 is 17.6 Å². The average Bonchev–Trinajstić information content (AvgIpc) is 2.54. The second kappa shape index (κ2) is 8.14. The minimum atomic E-state index is 0.0575. The summed E-state index contributed by atoms with van der Waals surface area (Å²) in [7, 11) is 0. The van der Waals surface area contributed by atoms with E-state index in [4.69, 9.17) is 10.2 Å². The van der Waals surface area contributed by atoms with E-state index < -0.39 is 0 Å². The molecule has 0 saturated heterocycles. The summed E-state index contributed by atoms with van der Waals surface area (Å²) in [6.45, 7) is 1.12. The van der Waals surface area contributed by atoms with Gasteiger partial charge in [0.1, 0.15) is 0 Å². The van der Waals surface area contributed by atoms with Crippen LogP contribution >= 0.6 is 0 Å². The molecule has 0 spiro atoms. The molecule has 0 bridgehead atoms. The normalized spacial score (nSPS) is 11.0. The van der Waals surface area contributed by atoms with Crippen LogP contribution in [-0.2, 0) is 0 Å². The molecule has 1 aromatic heterocycles. The summed E-state index contributed by atoms with van der Waals surface area (Å²) >= 11 is 0. The Bertz CT molecular complexity index is 549. The highest BCUT2D eigenvalue weighted by Crippen LogP contribution is 2.19. The van der Waals surface area contributed by atoms with Crippen LogP contribution in [0.3, 0.4) is 0 Å². The molecule has 0 saturated carbocycles. The topological polar surface area (TPSA) is 69.0 Å². The van der Waals surface area contributed by atoms with Crippen molar-refractivity contribution in [2.45, 2.75) is 0 Å². The Morgan fingerprint density at radius 2 is 1.57 bits per heavy atom. The summed E-state index contributed by atoms with van der Waals surface area (Å²) in [5.41, 5.74) is 2.81. The van der Waals surface area contributed by atoms with Gasteiger partial charge in [-0.15, -0.1) is 0 Å². The molecular formula is C16H19N3O2. The molecule has 1 aromatic carbocycles. The first-order valence-electron chi connectivity index (χ1n) is 6.84. The van der Waals surface area contributed by atoms with Gasteiger partial charge in [-0.2, -0.15) is 0 Å². The van der Waals surface area contributed by atoms with Gasteiger partial charge >= 0.3 is 0 Å². The van der Waals surface area contributed by atoms with Crippen molar-refractivity contribution in [3.63, 3.8) is 0 Å². The van der Waals surface area contributed by atoms with Gasteiger partial charge in [0.2, 0.25) is 0 Å². The number of aliphatic hydroxyl groups excluding tert-OH is 2. The molecule has 5 heteroatoms. The van der Waals surface area contributed by atoms with E-state index in [9.17, 15) is 0 Å². The van der Waals surface area contributed by atoms with Crippen LogP contribution in [-0.4, -0.2) is 47.7 Å². The number of hydrogen-bond acceptors (Lipinski definition) is 5. The molecule has 2 N–H and O–H groups in total. The number of nitrogens with zero attached hydrogens (tertiary/aromatic N) is 3. The minimum Gasteiger partial charge on any atom is -0.395 e. The van der Waals surface area contributed by atoms with Gasteiger partial charge in [0.25, 0.3) is 0 Å². The van der Waals surface area contributed by atoms with Gasteiger partial charge in [0.15, 0.2) is 0 Å². The zero-order valence-electron chi connectivity index (χ0n) is 11.8. The van der Waals surface area contributed by atoms with Crippen molar-refractivity contribution in [2.24, 2.45) is 4.99 Å². The molecule has 5 nitrogen and oxygen atoms in total. The Kier molecular flexibility index (Phi) is 5.87. The molecule has 0 amide bonds. The molecule has 0 atom stereocenters. The first-order valence-corrected chi connectivity index (χ1v) is 6.84. The maximum Gasteiger partial charge on any atom is 0.0631 e. The average molecular weight is 285 g/mol. The molecule has 0 radical (unpaired) electrons. The third-order valence-corrected chi connectivity index (χ3v) is 3.02. The van der Waals surface area contributed by atoms with Crippen molar-refractivity contribution < 1.29 is 10.2 Å². The number of aliphatic hydroxyl groups is 2. The van der Waals surface area contributed by atoms with E-state index in [0.29, 0.717) is 13.1 Å². The van der Waals surface area contributed by atoms with Crippen molar-refractivity contribution in [2.75, 3.05) is 31.2 Å². The lowest BCUT2D eigenvalue weighted by atomic mass is 10.2. The summed E-state index contributed by atoms with van der Waals surface area (Å²) in [5.74, 6) is 0. The molecule has 21 heavy (non-hydrogen) atoms. The van der Waals surface area contributed by atoms with E-state index in [2.05, 4.69) is 9.98 Å². The summed E-state index contributed by atoms with van der Waals surface area (Å²) in [5, 5.41) is 18.1. The van der Waals surface area contributed by atoms with E-state index in [-0.39, 0.29) is 13.2 Å². The molecule has 0 fully saturated rings. The van der Waals surface area contributed by atoms with Gasteiger partial charge in [-0.25, -0.2) is 0 Å². The van der Waals surface area contributed by atoms with Gasteiger partial charge in [0, 0.05) is 37.4 Å². The fraction of sp³-hybridized carbons (Fsp3) is 0.250. The number of benzene rings is 1. The second-order valence-electron chi connectivity index (χ2n) is 4.49. The number of anilines is 1. The van der Waals surface area contributed by atoms with Crippen LogP contribution in [0.2, 0.25) is 0 Å². The Balaban J connectivity index is 2.06. The first-order chi connectivity index (χ1) is 10.3. The summed E-state index contributed by atoms with van der Waals surface area (Å²) in [4.78, 5) is 10.3. The third kappa shape index (κ3) is 4.66. The lowest BCUT2D eigenvalue weighted by Crippen LogP contribution is -2.29. The number of aliphatic imine (C=N–C) groups is 1. The summed E-state index contributed by atoms with van der Waals surface area (Å²) in [6, 6.07) is 11.5. The number of pyridine rings is 1. The fourth-order valence-corrected chi connectivity index (χ4v) is 1.96. The molecule has 1 heterocycles. The minimum absolute atomic E-state index is 0.0575. The van der Waals surface area contributed by atoms with Crippen LogP contribution in [0.4, 0.5) is 11.4 Å². The number of rotatable bonds is 7. The van der Waals surface area contributed by atoms with Crippen molar-refractivity contribution in [3.8, 4) is 0 Å². The van der Waals surface area contributed by atoms with Gasteiger partial charge in [-0.05, 0) is 42.0 Å². The predicted molar refractivity (Wildman–Crippen MR) is 84.3 cm³/mol. The van der Waals surface area contributed by atoms with E-state index in [1.165, 1.54) is 0 Å². The maximum absolute atomic E-state index is 9.04. The third-order valence-electron chi connectivity index (χ3n) is 3.02. The Labute approximate surface area is 124 Å². The molecule has 0 aliphatic heterocycles. The SMILES string of the molecule is OCCN(CCO)c1ccc(N=Cc2ccncc2)cc1. The second-order valence-corrected chi connectivity index (χ2v) is 4.49. The Hall–Kier alpha value is -2.24. The lowest BCUT2D eigenvalue weighted by Gasteiger charge is -2.22. The smallest absolute Gasteiger partial charge is 0.0631 e. The molecule has 0 aliphatic rings. The molecule has 2 aromatic rings. The Morgan fingerprint density at radius 3 is 2.14 bits per heavy atom. The Morgan fingerprint density at radius 1 is 0.952 bits per heavy atom. The molecule has 2 rings (SSSR count). The van der Waals surface area contributed by atoms with Crippen molar-refractivity contribution in [1.29, 1.82) is 0 Å². The van der Waals surface area contributed by atoms with Crippen LogP contribution in [0.15, 0.2) is 53.8 Å². The first kappa shape index (κ1) is 15.2. The van der Waals surface area contributed by atoms with Gasteiger partial charge in [0.05, 0.1) is 18.9 Å². The van der Waals surface area contributed by atoms with Gasteiger partial charge < -0.3 is 15.1 Å². The quantitative estimate of drug-likeness (QED) is 0.759. The highest BCUT2D eigenvalue weighted by molar-refractivity contribution is 5.81. The molecular weight excluding hydrogens is 266 g/mol. The largest absolute Gasteiger partial charge is 0.395 e. The zero-order valence-corrected chi connectivity index (χ0v) is 11.8. The van der Waals surface area contributed by atoms with E-state index >= 15 is 0 Å². The molecule has 110 valence electrons. The van der Waals surface area contributed by atoms with Crippen molar-refractivity contribution in [1.82, 2.24) is 4.98 Å². The van der Waals surface area contributed by atoms with E-state index in [0.717, 1.165) is 16.9 Å². The molecule has 0 aliphatic carbocycles. The van der Waals surface area contributed by atoms with Crippen LogP contribution < -0.4 is 4.90 Å².